The van der Waals surface area contributed by atoms with Crippen LogP contribution in [-0.2, 0) is 14.3 Å². The Hall–Kier alpha value is -1.45. The van der Waals surface area contributed by atoms with Crippen molar-refractivity contribution in [1.82, 2.24) is 0 Å². The number of hydrogen-bond acceptors (Lipinski definition) is 4. The zero-order valence-corrected chi connectivity index (χ0v) is 8.53. The molecule has 0 unspecified atom stereocenters. The normalized spacial score (nSPS) is 17.8. The maximum Gasteiger partial charge on any atom is 0.342 e. The number of carbonyl (C=O) groups excluding carboxylic acids is 1. The Labute approximate surface area is 82.8 Å². The Kier molecular flexibility index (Phi) is 2.84. The van der Waals surface area contributed by atoms with Crippen LogP contribution in [0.2, 0.25) is 0 Å². The van der Waals surface area contributed by atoms with E-state index in [1.165, 1.54) is 12.3 Å². The number of esters is 1. The van der Waals surface area contributed by atoms with Gasteiger partial charge in [-0.1, -0.05) is 0 Å². The van der Waals surface area contributed by atoms with Crippen LogP contribution in [0.25, 0.3) is 0 Å². The van der Waals surface area contributed by atoms with Gasteiger partial charge in [-0.3, -0.25) is 0 Å². The average molecular weight is 198 g/mol. The van der Waals surface area contributed by atoms with E-state index in [1.807, 2.05) is 20.8 Å². The van der Waals surface area contributed by atoms with E-state index in [0.717, 1.165) is 0 Å². The van der Waals surface area contributed by atoms with Crippen molar-refractivity contribution >= 4 is 5.97 Å². The fraction of sp³-hybridized carbons (Fsp3) is 0.500. The second kappa shape index (κ2) is 3.74. The minimum absolute atomic E-state index is 0.0476. The lowest BCUT2D eigenvalue weighted by molar-refractivity contribution is -0.135. The van der Waals surface area contributed by atoms with E-state index in [-0.39, 0.29) is 23.5 Å². The third kappa shape index (κ3) is 2.80. The highest BCUT2D eigenvalue weighted by Gasteiger charge is 2.22. The van der Waals surface area contributed by atoms with Crippen molar-refractivity contribution in [2.45, 2.75) is 26.4 Å². The molecule has 1 rings (SSSR count). The molecular formula is C10H14O4. The third-order valence-electron chi connectivity index (χ3n) is 1.53. The zero-order chi connectivity index (χ0) is 10.8. The molecule has 0 amide bonds. The predicted octanol–water partition coefficient (Wildman–Crippen LogP) is 1.68. The first-order chi connectivity index (χ1) is 6.40. The summed E-state index contributed by atoms with van der Waals surface area (Å²) in [6.45, 7) is 5.61. The lowest BCUT2D eigenvalue weighted by Crippen LogP contribution is -2.15. The number of aliphatic hydroxyl groups is 1. The summed E-state index contributed by atoms with van der Waals surface area (Å²) in [5, 5.41) is 9.22. The number of aliphatic hydroxyl groups excluding tert-OH is 1. The molecule has 14 heavy (non-hydrogen) atoms. The molecule has 0 saturated heterocycles. The lowest BCUT2D eigenvalue weighted by atomic mass is 10.2. The summed E-state index contributed by atoms with van der Waals surface area (Å²) in [6, 6.07) is 0. The van der Waals surface area contributed by atoms with E-state index in [0.29, 0.717) is 0 Å². The Morgan fingerprint density at radius 3 is 2.57 bits per heavy atom. The van der Waals surface area contributed by atoms with Crippen LogP contribution >= 0.6 is 0 Å². The molecule has 0 radical (unpaired) electrons. The van der Waals surface area contributed by atoms with E-state index in [1.54, 1.807) is 0 Å². The Morgan fingerprint density at radius 1 is 1.50 bits per heavy atom. The minimum atomic E-state index is -0.517. The number of carbonyl (C=O) groups is 1. The van der Waals surface area contributed by atoms with E-state index < -0.39 is 5.97 Å². The van der Waals surface area contributed by atoms with Crippen molar-refractivity contribution in [3.63, 3.8) is 0 Å². The second-order valence-electron chi connectivity index (χ2n) is 3.97. The average Bonchev–Trinajstić information content (AvgIpc) is 2.33. The van der Waals surface area contributed by atoms with Crippen LogP contribution in [0.4, 0.5) is 0 Å². The SMILES string of the molecule is CC(C)(C)O/C=C\C1=C(O)COC1=O. The standard InChI is InChI=1S/C10H14O4/c1-10(2,3)14-5-4-7-8(11)6-13-9(7)12/h4-5,11H,6H2,1-3H3/b5-4-. The Morgan fingerprint density at radius 2 is 2.14 bits per heavy atom. The molecule has 1 aliphatic heterocycles. The van der Waals surface area contributed by atoms with Crippen LogP contribution in [0.1, 0.15) is 20.8 Å². The van der Waals surface area contributed by atoms with Gasteiger partial charge in [0.15, 0.2) is 0 Å². The van der Waals surface area contributed by atoms with E-state index in [2.05, 4.69) is 4.74 Å². The van der Waals surface area contributed by atoms with Crippen molar-refractivity contribution in [3.8, 4) is 0 Å². The highest BCUT2D eigenvalue weighted by molar-refractivity contribution is 5.94. The van der Waals surface area contributed by atoms with Crippen molar-refractivity contribution in [1.29, 1.82) is 0 Å². The summed E-state index contributed by atoms with van der Waals surface area (Å²) < 4.78 is 9.84. The molecule has 1 aliphatic rings. The molecule has 0 atom stereocenters. The van der Waals surface area contributed by atoms with Gasteiger partial charge < -0.3 is 14.6 Å². The molecule has 0 aliphatic carbocycles. The lowest BCUT2D eigenvalue weighted by Gasteiger charge is -2.17. The molecule has 0 aromatic heterocycles. The van der Waals surface area contributed by atoms with E-state index >= 15 is 0 Å². The summed E-state index contributed by atoms with van der Waals surface area (Å²) in [7, 11) is 0. The van der Waals surface area contributed by atoms with Crippen LogP contribution in [-0.4, -0.2) is 23.3 Å². The van der Waals surface area contributed by atoms with Gasteiger partial charge in [0.05, 0.1) is 11.9 Å². The Balaban J connectivity index is 2.60. The molecule has 0 aromatic carbocycles. The summed E-state index contributed by atoms with van der Waals surface area (Å²) in [5.74, 6) is -0.569. The van der Waals surface area contributed by atoms with Gasteiger partial charge in [0.25, 0.3) is 0 Å². The largest absolute Gasteiger partial charge is 0.508 e. The fourth-order valence-electron chi connectivity index (χ4n) is 0.878. The van der Waals surface area contributed by atoms with Gasteiger partial charge in [-0.2, -0.15) is 0 Å². The second-order valence-corrected chi connectivity index (χ2v) is 3.97. The molecule has 78 valence electrons. The summed E-state index contributed by atoms with van der Waals surface area (Å²) in [4.78, 5) is 11.0. The number of ether oxygens (including phenoxy) is 2. The van der Waals surface area contributed by atoms with Crippen molar-refractivity contribution in [2.24, 2.45) is 0 Å². The molecule has 1 heterocycles. The molecule has 4 heteroatoms. The quantitative estimate of drug-likeness (QED) is 0.541. The topological polar surface area (TPSA) is 55.8 Å². The summed E-state index contributed by atoms with van der Waals surface area (Å²) >= 11 is 0. The van der Waals surface area contributed by atoms with Gasteiger partial charge in [-0.25, -0.2) is 4.79 Å². The van der Waals surface area contributed by atoms with Crippen LogP contribution in [0.5, 0.6) is 0 Å². The van der Waals surface area contributed by atoms with Crippen molar-refractivity contribution in [2.75, 3.05) is 6.61 Å². The van der Waals surface area contributed by atoms with Gasteiger partial charge in [0.2, 0.25) is 0 Å². The first kappa shape index (κ1) is 10.6. The maximum absolute atomic E-state index is 11.0. The molecule has 0 aromatic rings. The number of cyclic esters (lactones) is 1. The fourth-order valence-corrected chi connectivity index (χ4v) is 0.878. The first-order valence-corrected chi connectivity index (χ1v) is 4.34. The monoisotopic (exact) mass is 198 g/mol. The highest BCUT2D eigenvalue weighted by atomic mass is 16.5. The Bertz CT molecular complexity index is 294. The zero-order valence-electron chi connectivity index (χ0n) is 8.53. The van der Waals surface area contributed by atoms with Crippen molar-refractivity contribution in [3.05, 3.63) is 23.7 Å². The smallest absolute Gasteiger partial charge is 0.342 e. The maximum atomic E-state index is 11.0. The predicted molar refractivity (Wildman–Crippen MR) is 50.6 cm³/mol. The first-order valence-electron chi connectivity index (χ1n) is 4.34. The molecule has 1 N–H and O–H groups in total. The molecule has 0 saturated carbocycles. The van der Waals surface area contributed by atoms with Crippen LogP contribution in [0.3, 0.4) is 0 Å². The van der Waals surface area contributed by atoms with Crippen LogP contribution in [0, 0.1) is 0 Å². The van der Waals surface area contributed by atoms with Gasteiger partial charge in [0.1, 0.15) is 17.9 Å². The number of rotatable bonds is 2. The molecule has 0 bridgehead atoms. The van der Waals surface area contributed by atoms with E-state index in [4.69, 9.17) is 4.74 Å². The highest BCUT2D eigenvalue weighted by Crippen LogP contribution is 2.15. The van der Waals surface area contributed by atoms with Gasteiger partial charge in [-0.05, 0) is 26.8 Å². The van der Waals surface area contributed by atoms with Gasteiger partial charge in [0, 0.05) is 0 Å². The summed E-state index contributed by atoms with van der Waals surface area (Å²) in [5.41, 5.74) is -0.149. The third-order valence-corrected chi connectivity index (χ3v) is 1.53. The summed E-state index contributed by atoms with van der Waals surface area (Å²) in [6.07, 6.45) is 2.80. The minimum Gasteiger partial charge on any atom is -0.508 e. The van der Waals surface area contributed by atoms with Gasteiger partial charge >= 0.3 is 5.97 Å². The van der Waals surface area contributed by atoms with E-state index in [9.17, 15) is 9.90 Å². The number of hydrogen-bond donors (Lipinski definition) is 1. The molecule has 0 fully saturated rings. The molecular weight excluding hydrogens is 184 g/mol. The van der Waals surface area contributed by atoms with Crippen molar-refractivity contribution < 1.29 is 19.4 Å². The van der Waals surface area contributed by atoms with Crippen LogP contribution < -0.4 is 0 Å². The molecule has 0 spiro atoms. The van der Waals surface area contributed by atoms with Gasteiger partial charge in [-0.15, -0.1) is 0 Å². The van der Waals surface area contributed by atoms with Crippen LogP contribution in [0.15, 0.2) is 23.7 Å². The molecule has 4 nitrogen and oxygen atoms in total.